The van der Waals surface area contributed by atoms with E-state index in [-0.39, 0.29) is 22.9 Å². The lowest BCUT2D eigenvalue weighted by Crippen LogP contribution is -2.17. The zero-order valence-corrected chi connectivity index (χ0v) is 21.0. The summed E-state index contributed by atoms with van der Waals surface area (Å²) in [5.41, 5.74) is 1.08. The molecule has 5 rings (SSSR count). The van der Waals surface area contributed by atoms with E-state index in [1.165, 1.54) is 31.3 Å². The molecule has 2 aromatic carbocycles. The van der Waals surface area contributed by atoms with E-state index in [1.54, 1.807) is 42.1 Å². The smallest absolute Gasteiger partial charge is 0.286 e. The van der Waals surface area contributed by atoms with Crippen LogP contribution in [-0.2, 0) is 0 Å². The van der Waals surface area contributed by atoms with Crippen molar-refractivity contribution in [1.29, 1.82) is 0 Å². The highest BCUT2D eigenvalue weighted by molar-refractivity contribution is 6.30. The molecule has 0 radical (unpaired) electrons. The number of nitrogens with zero attached hydrogens (tertiary/aromatic N) is 7. The number of aryl methyl sites for hydroxylation is 1. The number of methoxy groups -OCH3 is 2. The van der Waals surface area contributed by atoms with Crippen molar-refractivity contribution in [3.05, 3.63) is 81.4 Å². The maximum atomic E-state index is 13.3. The van der Waals surface area contributed by atoms with Crippen molar-refractivity contribution >= 4 is 40.0 Å². The summed E-state index contributed by atoms with van der Waals surface area (Å²) in [5, 5.41) is 24.4. The molecular weight excluding hydrogens is 516 g/mol. The second kappa shape index (κ2) is 9.78. The van der Waals surface area contributed by atoms with Gasteiger partial charge in [-0.25, -0.2) is 14.6 Å². The molecule has 38 heavy (non-hydrogen) atoms. The van der Waals surface area contributed by atoms with Crippen LogP contribution in [0.4, 0.5) is 11.5 Å². The average molecular weight is 535 g/mol. The minimum Gasteiger partial charge on any atom is -0.493 e. The van der Waals surface area contributed by atoms with Gasteiger partial charge in [0, 0.05) is 17.2 Å². The standard InChI is InChI=1S/C24H19ClN8O5/c1-13-7-21(29-24(34)16-9-19(37-2)20(38-3)10-18(16)33(35)36)32(30-13)23-17-11-28-31(22(17)26-12-27-23)15-6-4-5-14(25)8-15/h4-12H,1-3H3,(H,29,34). The number of ether oxygens (including phenoxy) is 2. The first kappa shape index (κ1) is 24.6. The summed E-state index contributed by atoms with van der Waals surface area (Å²) in [6, 6.07) is 11.1. The Labute approximate surface area is 219 Å². The Balaban J connectivity index is 1.57. The van der Waals surface area contributed by atoms with E-state index in [9.17, 15) is 14.9 Å². The zero-order chi connectivity index (χ0) is 27.0. The molecule has 0 bridgehead atoms. The molecule has 5 aromatic rings. The van der Waals surface area contributed by atoms with Crippen LogP contribution >= 0.6 is 11.6 Å². The second-order valence-electron chi connectivity index (χ2n) is 7.99. The van der Waals surface area contributed by atoms with Crippen LogP contribution in [0.25, 0.3) is 22.5 Å². The summed E-state index contributed by atoms with van der Waals surface area (Å²) in [6.45, 7) is 1.73. The van der Waals surface area contributed by atoms with Gasteiger partial charge in [-0.05, 0) is 25.1 Å². The lowest BCUT2D eigenvalue weighted by Gasteiger charge is -2.12. The van der Waals surface area contributed by atoms with Gasteiger partial charge < -0.3 is 14.8 Å². The molecule has 13 nitrogen and oxygen atoms in total. The predicted octanol–water partition coefficient (Wildman–Crippen LogP) is 4.14. The lowest BCUT2D eigenvalue weighted by atomic mass is 10.1. The van der Waals surface area contributed by atoms with Gasteiger partial charge in [-0.1, -0.05) is 17.7 Å². The molecule has 0 saturated heterocycles. The number of hydrogen-bond donors (Lipinski definition) is 1. The molecule has 192 valence electrons. The van der Waals surface area contributed by atoms with Crippen molar-refractivity contribution in [2.24, 2.45) is 0 Å². The third-order valence-electron chi connectivity index (χ3n) is 5.61. The number of nitro benzene ring substituents is 1. The van der Waals surface area contributed by atoms with Gasteiger partial charge in [0.05, 0.1) is 48.2 Å². The summed E-state index contributed by atoms with van der Waals surface area (Å²) in [4.78, 5) is 33.0. The van der Waals surface area contributed by atoms with Gasteiger partial charge in [0.1, 0.15) is 17.7 Å². The highest BCUT2D eigenvalue weighted by Crippen LogP contribution is 2.35. The molecule has 3 heterocycles. The van der Waals surface area contributed by atoms with E-state index in [1.807, 2.05) is 6.07 Å². The third kappa shape index (κ3) is 4.35. The van der Waals surface area contributed by atoms with Gasteiger partial charge in [-0.3, -0.25) is 14.9 Å². The van der Waals surface area contributed by atoms with Crippen LogP contribution in [0.2, 0.25) is 5.02 Å². The first-order valence-corrected chi connectivity index (χ1v) is 11.4. The van der Waals surface area contributed by atoms with Crippen LogP contribution in [0, 0.1) is 17.0 Å². The molecule has 14 heteroatoms. The number of fused-ring (bicyclic) bond motifs is 1. The summed E-state index contributed by atoms with van der Waals surface area (Å²) in [7, 11) is 2.72. The van der Waals surface area contributed by atoms with E-state index < -0.39 is 16.5 Å². The maximum absolute atomic E-state index is 13.3. The van der Waals surface area contributed by atoms with Crippen molar-refractivity contribution in [3.63, 3.8) is 0 Å². The number of nitrogens with one attached hydrogen (secondary N) is 1. The van der Waals surface area contributed by atoms with Crippen molar-refractivity contribution in [2.75, 3.05) is 19.5 Å². The fourth-order valence-electron chi connectivity index (χ4n) is 3.93. The molecular formula is C24H19ClN8O5. The van der Waals surface area contributed by atoms with Crippen molar-refractivity contribution in [1.82, 2.24) is 29.5 Å². The molecule has 0 aliphatic heterocycles. The molecule has 0 aliphatic rings. The molecule has 1 N–H and O–H groups in total. The van der Waals surface area contributed by atoms with Crippen LogP contribution in [0.3, 0.4) is 0 Å². The minimum absolute atomic E-state index is 0.122. The second-order valence-corrected chi connectivity index (χ2v) is 8.43. The van der Waals surface area contributed by atoms with E-state index >= 15 is 0 Å². The maximum Gasteiger partial charge on any atom is 0.286 e. The van der Waals surface area contributed by atoms with Crippen LogP contribution in [0.15, 0.2) is 55.0 Å². The number of anilines is 1. The Hall–Kier alpha value is -5.04. The van der Waals surface area contributed by atoms with Gasteiger partial charge in [-0.2, -0.15) is 14.9 Å². The molecule has 0 aliphatic carbocycles. The Kier molecular flexibility index (Phi) is 6.34. The molecule has 0 saturated carbocycles. The number of carbonyl (C=O) groups is 1. The average Bonchev–Trinajstić information content (AvgIpc) is 3.50. The summed E-state index contributed by atoms with van der Waals surface area (Å²) >= 11 is 6.14. The van der Waals surface area contributed by atoms with Gasteiger partial charge in [0.15, 0.2) is 23.0 Å². The predicted molar refractivity (Wildman–Crippen MR) is 138 cm³/mol. The van der Waals surface area contributed by atoms with Crippen LogP contribution in [0.1, 0.15) is 16.1 Å². The molecule has 0 atom stereocenters. The number of aromatic nitrogens is 6. The Bertz CT molecular complexity index is 1710. The molecule has 3 aromatic heterocycles. The lowest BCUT2D eigenvalue weighted by molar-refractivity contribution is -0.385. The fraction of sp³-hybridized carbons (Fsp3) is 0.125. The highest BCUT2D eigenvalue weighted by Gasteiger charge is 2.26. The number of benzene rings is 2. The molecule has 1 amide bonds. The number of amides is 1. The van der Waals surface area contributed by atoms with E-state index in [0.717, 1.165) is 6.07 Å². The summed E-state index contributed by atoms with van der Waals surface area (Å²) in [6.07, 6.45) is 2.93. The molecule has 0 spiro atoms. The van der Waals surface area contributed by atoms with E-state index in [4.69, 9.17) is 21.1 Å². The zero-order valence-electron chi connectivity index (χ0n) is 20.2. The number of nitro groups is 1. The largest absolute Gasteiger partial charge is 0.493 e. The van der Waals surface area contributed by atoms with Crippen LogP contribution < -0.4 is 14.8 Å². The quantitative estimate of drug-likeness (QED) is 0.240. The van der Waals surface area contributed by atoms with Gasteiger partial charge in [0.2, 0.25) is 0 Å². The third-order valence-corrected chi connectivity index (χ3v) is 5.85. The summed E-state index contributed by atoms with van der Waals surface area (Å²) < 4.78 is 13.4. The Morgan fingerprint density at radius 3 is 2.55 bits per heavy atom. The van der Waals surface area contributed by atoms with Gasteiger partial charge >= 0.3 is 0 Å². The van der Waals surface area contributed by atoms with Crippen LogP contribution in [0.5, 0.6) is 11.5 Å². The molecule has 0 fully saturated rings. The number of rotatable bonds is 7. The van der Waals surface area contributed by atoms with Gasteiger partial charge in [0.25, 0.3) is 11.6 Å². The Morgan fingerprint density at radius 2 is 1.84 bits per heavy atom. The number of halogens is 1. The van der Waals surface area contributed by atoms with Crippen molar-refractivity contribution in [2.45, 2.75) is 6.92 Å². The summed E-state index contributed by atoms with van der Waals surface area (Å²) in [5.74, 6) is 0.106. The van der Waals surface area contributed by atoms with E-state index in [2.05, 4.69) is 25.5 Å². The normalized spacial score (nSPS) is 10.9. The molecule has 0 unspecified atom stereocenters. The monoisotopic (exact) mass is 534 g/mol. The van der Waals surface area contributed by atoms with Gasteiger partial charge in [-0.15, -0.1) is 0 Å². The van der Waals surface area contributed by atoms with Crippen LogP contribution in [-0.4, -0.2) is 54.6 Å². The highest BCUT2D eigenvalue weighted by atomic mass is 35.5. The van der Waals surface area contributed by atoms with Crippen molar-refractivity contribution < 1.29 is 19.2 Å². The SMILES string of the molecule is COc1cc(C(=O)Nc2cc(C)nn2-c2ncnc3c2cnn3-c2cccc(Cl)c2)c([N+](=O)[O-])cc1OC. The number of hydrogen-bond acceptors (Lipinski definition) is 9. The minimum atomic E-state index is -0.751. The van der Waals surface area contributed by atoms with E-state index in [0.29, 0.717) is 33.3 Å². The first-order chi connectivity index (χ1) is 18.3. The van der Waals surface area contributed by atoms with Crippen molar-refractivity contribution in [3.8, 4) is 23.0 Å². The number of carbonyl (C=O) groups excluding carboxylic acids is 1. The topological polar surface area (TPSA) is 152 Å². The Morgan fingerprint density at radius 1 is 1.08 bits per heavy atom. The first-order valence-electron chi connectivity index (χ1n) is 11.0. The fourth-order valence-corrected chi connectivity index (χ4v) is 4.12.